The number of carbonyl (C=O) groups is 1. The van der Waals surface area contributed by atoms with Crippen molar-refractivity contribution in [1.29, 1.82) is 0 Å². The van der Waals surface area contributed by atoms with E-state index in [0.717, 1.165) is 23.5 Å². The van der Waals surface area contributed by atoms with Gasteiger partial charge >= 0.3 is 6.09 Å². The Morgan fingerprint density at radius 2 is 2.03 bits per heavy atom. The van der Waals surface area contributed by atoms with Gasteiger partial charge in [0.05, 0.1) is 25.0 Å². The molecular weight excluding hydrogens is 389 g/mol. The van der Waals surface area contributed by atoms with Crippen molar-refractivity contribution in [2.75, 3.05) is 23.0 Å². The first-order chi connectivity index (χ1) is 14.5. The standard InChI is InChI=1S/C21H20FN5O3/c1-25-11-20(23-24-25)26-8-14-3-2-13(6-15(14)9-26)18-5-4-16(7-19(18)22)27-10-17(12-28)30-21(27)29/h2-7,11,17,28H,8-10,12H2,1H3/t17-/m1/s1. The molecule has 1 fully saturated rings. The highest BCUT2D eigenvalue weighted by molar-refractivity contribution is 5.90. The fourth-order valence-corrected chi connectivity index (χ4v) is 3.94. The van der Waals surface area contributed by atoms with Crippen molar-refractivity contribution >= 4 is 17.6 Å². The molecule has 9 heteroatoms. The van der Waals surface area contributed by atoms with Crippen LogP contribution in [0.5, 0.6) is 0 Å². The van der Waals surface area contributed by atoms with Crippen molar-refractivity contribution in [1.82, 2.24) is 15.0 Å². The second kappa shape index (κ2) is 7.10. The maximum absolute atomic E-state index is 14.9. The Morgan fingerprint density at radius 3 is 2.73 bits per heavy atom. The molecule has 1 saturated heterocycles. The third-order valence-corrected chi connectivity index (χ3v) is 5.50. The van der Waals surface area contributed by atoms with Gasteiger partial charge in [-0.2, -0.15) is 0 Å². The van der Waals surface area contributed by atoms with E-state index < -0.39 is 18.0 Å². The Kier molecular flexibility index (Phi) is 4.39. The first-order valence-corrected chi connectivity index (χ1v) is 9.64. The van der Waals surface area contributed by atoms with E-state index in [2.05, 4.69) is 15.2 Å². The van der Waals surface area contributed by atoms with Crippen LogP contribution in [-0.2, 0) is 24.9 Å². The number of aryl methyl sites for hydroxylation is 1. The number of hydrogen-bond acceptors (Lipinski definition) is 6. The number of halogens is 1. The first kappa shape index (κ1) is 18.6. The Bertz CT molecular complexity index is 1130. The zero-order chi connectivity index (χ0) is 20.8. The van der Waals surface area contributed by atoms with Crippen molar-refractivity contribution < 1.29 is 19.0 Å². The average molecular weight is 409 g/mol. The molecule has 154 valence electrons. The van der Waals surface area contributed by atoms with Crippen LogP contribution in [0.1, 0.15) is 11.1 Å². The lowest BCUT2D eigenvalue weighted by Gasteiger charge is -2.14. The number of amides is 1. The van der Waals surface area contributed by atoms with E-state index in [4.69, 9.17) is 4.74 Å². The molecule has 0 bridgehead atoms. The van der Waals surface area contributed by atoms with E-state index in [1.165, 1.54) is 16.5 Å². The maximum atomic E-state index is 14.9. The summed E-state index contributed by atoms with van der Waals surface area (Å²) >= 11 is 0. The molecule has 0 saturated carbocycles. The van der Waals surface area contributed by atoms with Crippen molar-refractivity contribution in [3.05, 3.63) is 59.5 Å². The van der Waals surface area contributed by atoms with Crippen molar-refractivity contribution in [3.63, 3.8) is 0 Å². The number of aromatic nitrogens is 3. The fourth-order valence-electron chi connectivity index (χ4n) is 3.94. The molecule has 2 aromatic carbocycles. The molecule has 3 aromatic rings. The zero-order valence-corrected chi connectivity index (χ0v) is 16.3. The summed E-state index contributed by atoms with van der Waals surface area (Å²) < 4.78 is 21.6. The number of cyclic esters (lactones) is 1. The van der Waals surface area contributed by atoms with Crippen LogP contribution >= 0.6 is 0 Å². The third kappa shape index (κ3) is 3.17. The molecule has 1 aromatic heterocycles. The van der Waals surface area contributed by atoms with Crippen LogP contribution in [0.15, 0.2) is 42.6 Å². The van der Waals surface area contributed by atoms with Crippen LogP contribution < -0.4 is 9.80 Å². The molecule has 8 nitrogen and oxygen atoms in total. The highest BCUT2D eigenvalue weighted by Gasteiger charge is 2.32. The minimum atomic E-state index is -0.589. The Morgan fingerprint density at radius 1 is 1.20 bits per heavy atom. The number of nitrogens with zero attached hydrogens (tertiary/aromatic N) is 5. The van der Waals surface area contributed by atoms with Crippen molar-refractivity contribution in [3.8, 4) is 11.1 Å². The Balaban J connectivity index is 1.39. The SMILES string of the molecule is Cn1cc(N2Cc3ccc(-c4ccc(N5C[C@H](CO)OC5=O)cc4F)cc3C2)nn1. The van der Waals surface area contributed by atoms with Gasteiger partial charge in [0.2, 0.25) is 0 Å². The molecule has 2 aliphatic heterocycles. The number of aliphatic hydroxyl groups is 1. The topological polar surface area (TPSA) is 83.7 Å². The van der Waals surface area contributed by atoms with Crippen molar-refractivity contribution in [2.24, 2.45) is 7.05 Å². The van der Waals surface area contributed by atoms with Crippen molar-refractivity contribution in [2.45, 2.75) is 19.2 Å². The van der Waals surface area contributed by atoms with Crippen LogP contribution in [0.2, 0.25) is 0 Å². The Hall–Kier alpha value is -3.46. The number of hydrogen-bond donors (Lipinski definition) is 1. The summed E-state index contributed by atoms with van der Waals surface area (Å²) in [7, 11) is 1.83. The normalized spacial score (nSPS) is 18.1. The molecule has 1 N–H and O–H groups in total. The molecular formula is C21H20FN5O3. The van der Waals surface area contributed by atoms with E-state index >= 15 is 0 Å². The number of rotatable bonds is 4. The van der Waals surface area contributed by atoms with E-state index in [1.807, 2.05) is 31.4 Å². The average Bonchev–Trinajstić information content (AvgIpc) is 3.44. The van der Waals surface area contributed by atoms with Gasteiger partial charge in [0.1, 0.15) is 11.9 Å². The molecule has 2 aliphatic rings. The summed E-state index contributed by atoms with van der Waals surface area (Å²) in [6, 6.07) is 10.6. The molecule has 0 spiro atoms. The van der Waals surface area contributed by atoms with Gasteiger partial charge in [-0.15, -0.1) is 5.10 Å². The zero-order valence-electron chi connectivity index (χ0n) is 16.3. The molecule has 0 unspecified atom stereocenters. The van der Waals surface area contributed by atoms with E-state index in [0.29, 0.717) is 17.8 Å². The lowest BCUT2D eigenvalue weighted by molar-refractivity contribution is 0.0963. The molecule has 30 heavy (non-hydrogen) atoms. The predicted octanol–water partition coefficient (Wildman–Crippen LogP) is 2.46. The molecule has 3 heterocycles. The second-order valence-corrected chi connectivity index (χ2v) is 7.55. The first-order valence-electron chi connectivity index (χ1n) is 9.64. The van der Waals surface area contributed by atoms with Gasteiger partial charge in [-0.3, -0.25) is 9.58 Å². The van der Waals surface area contributed by atoms with Gasteiger partial charge in [-0.25, -0.2) is 9.18 Å². The molecule has 1 atom stereocenters. The highest BCUT2D eigenvalue weighted by atomic mass is 19.1. The largest absolute Gasteiger partial charge is 0.441 e. The molecule has 5 rings (SSSR count). The summed E-state index contributed by atoms with van der Waals surface area (Å²) in [5, 5.41) is 17.3. The van der Waals surface area contributed by atoms with Crippen LogP contribution in [-0.4, -0.2) is 45.4 Å². The third-order valence-electron chi connectivity index (χ3n) is 5.50. The van der Waals surface area contributed by atoms with Crippen LogP contribution in [0.4, 0.5) is 20.7 Å². The van der Waals surface area contributed by atoms with E-state index in [-0.39, 0.29) is 13.2 Å². The molecule has 1 amide bonds. The van der Waals surface area contributed by atoms with Gasteiger partial charge in [0.25, 0.3) is 0 Å². The van der Waals surface area contributed by atoms with Crippen LogP contribution in [0, 0.1) is 5.82 Å². The number of carbonyl (C=O) groups excluding carboxylic acids is 1. The number of benzene rings is 2. The van der Waals surface area contributed by atoms with E-state index in [9.17, 15) is 14.3 Å². The summed E-state index contributed by atoms with van der Waals surface area (Å²) in [6.07, 6.45) is 0.702. The lowest BCUT2D eigenvalue weighted by Crippen LogP contribution is -2.25. The number of ether oxygens (including phenoxy) is 1. The van der Waals surface area contributed by atoms with Gasteiger partial charge in [0, 0.05) is 25.7 Å². The van der Waals surface area contributed by atoms with Crippen LogP contribution in [0.3, 0.4) is 0 Å². The van der Waals surface area contributed by atoms with E-state index in [1.54, 1.807) is 16.8 Å². The summed E-state index contributed by atoms with van der Waals surface area (Å²) in [5.41, 5.74) is 3.95. The summed E-state index contributed by atoms with van der Waals surface area (Å²) in [5.74, 6) is 0.390. The smallest absolute Gasteiger partial charge is 0.414 e. The lowest BCUT2D eigenvalue weighted by atomic mass is 10.00. The maximum Gasteiger partial charge on any atom is 0.414 e. The minimum Gasteiger partial charge on any atom is -0.441 e. The highest BCUT2D eigenvalue weighted by Crippen LogP contribution is 2.33. The minimum absolute atomic E-state index is 0.200. The quantitative estimate of drug-likeness (QED) is 0.713. The summed E-state index contributed by atoms with van der Waals surface area (Å²) in [4.78, 5) is 15.4. The number of fused-ring (bicyclic) bond motifs is 1. The van der Waals surface area contributed by atoms with Crippen LogP contribution in [0.25, 0.3) is 11.1 Å². The Labute approximate surface area is 172 Å². The van der Waals surface area contributed by atoms with Gasteiger partial charge in [-0.05, 0) is 41.0 Å². The number of aliphatic hydroxyl groups excluding tert-OH is 1. The fraction of sp³-hybridized carbons (Fsp3) is 0.286. The second-order valence-electron chi connectivity index (χ2n) is 7.55. The number of anilines is 2. The predicted molar refractivity (Wildman–Crippen MR) is 107 cm³/mol. The van der Waals surface area contributed by atoms with Gasteiger partial charge in [0.15, 0.2) is 5.82 Å². The monoisotopic (exact) mass is 409 g/mol. The van der Waals surface area contributed by atoms with Gasteiger partial charge < -0.3 is 14.7 Å². The van der Waals surface area contributed by atoms with Gasteiger partial charge in [-0.1, -0.05) is 17.3 Å². The summed E-state index contributed by atoms with van der Waals surface area (Å²) in [6.45, 7) is 1.36. The molecule has 0 radical (unpaired) electrons. The molecule has 0 aliphatic carbocycles.